The summed E-state index contributed by atoms with van der Waals surface area (Å²) in [5.74, 6) is 0.537. The fourth-order valence-electron chi connectivity index (χ4n) is 2.97. The van der Waals surface area contributed by atoms with E-state index < -0.39 is 17.7 Å². The van der Waals surface area contributed by atoms with Crippen LogP contribution in [0.2, 0.25) is 0 Å². The highest BCUT2D eigenvalue weighted by Crippen LogP contribution is 2.39. The largest absolute Gasteiger partial charge is 0.444 e. The first-order chi connectivity index (χ1) is 13.4. The lowest BCUT2D eigenvalue weighted by molar-refractivity contribution is -0.0179. The van der Waals surface area contributed by atoms with Gasteiger partial charge in [0.05, 0.1) is 36.3 Å². The van der Waals surface area contributed by atoms with Crippen molar-refractivity contribution in [1.82, 2.24) is 19.9 Å². The van der Waals surface area contributed by atoms with Crippen LogP contribution in [0.4, 0.5) is 4.79 Å². The van der Waals surface area contributed by atoms with Crippen LogP contribution in [0.25, 0.3) is 5.65 Å². The Hall–Kier alpha value is -2.19. The fraction of sp³-hybridized carbons (Fsp3) is 0.667. The normalized spacial score (nSPS) is 17.2. The van der Waals surface area contributed by atoms with Gasteiger partial charge in [-0.2, -0.15) is 5.10 Å². The molecule has 8 nitrogen and oxygen atoms in total. The number of nitrogens with two attached hydrogens (primary N) is 1. The van der Waals surface area contributed by atoms with E-state index >= 15 is 0 Å². The number of carbonyl (C=O) groups is 1. The minimum Gasteiger partial charge on any atom is -0.444 e. The number of nitrogens with one attached hydrogen (secondary N) is 1. The van der Waals surface area contributed by atoms with Crippen LogP contribution in [0.3, 0.4) is 0 Å². The van der Waals surface area contributed by atoms with Gasteiger partial charge in [-0.25, -0.2) is 14.3 Å². The lowest BCUT2D eigenvalue weighted by Crippen LogP contribution is -2.38. The van der Waals surface area contributed by atoms with E-state index in [1.807, 2.05) is 47.6 Å². The standard InChI is InChI=1S/C21H33N5O3/c1-20(2,3)28-12-16(25-19(27)29-21(4,5)6)15-11-26-17(24-15)9-14(10-23-26)18(22)13-7-8-13/h9-11,13,16,18H,7-8,12,22H2,1-6H3,(H,25,27)/t16-,18?/m0/s1. The van der Waals surface area contributed by atoms with Crippen molar-refractivity contribution in [2.24, 2.45) is 11.7 Å². The highest BCUT2D eigenvalue weighted by molar-refractivity contribution is 5.68. The predicted octanol–water partition coefficient (Wildman–Crippen LogP) is 3.52. The molecule has 1 amide bonds. The van der Waals surface area contributed by atoms with Crippen molar-refractivity contribution < 1.29 is 14.3 Å². The van der Waals surface area contributed by atoms with Gasteiger partial charge in [-0.15, -0.1) is 0 Å². The lowest BCUT2D eigenvalue weighted by atomic mass is 10.1. The van der Waals surface area contributed by atoms with Crippen molar-refractivity contribution in [3.63, 3.8) is 0 Å². The molecule has 0 aromatic carbocycles. The van der Waals surface area contributed by atoms with Crippen LogP contribution in [0.15, 0.2) is 18.5 Å². The van der Waals surface area contributed by atoms with Crippen LogP contribution < -0.4 is 11.1 Å². The molecule has 2 aromatic heterocycles. The van der Waals surface area contributed by atoms with E-state index in [1.165, 1.54) is 0 Å². The summed E-state index contributed by atoms with van der Waals surface area (Å²) in [5.41, 5.74) is 7.70. The topological polar surface area (TPSA) is 104 Å². The van der Waals surface area contributed by atoms with Crippen LogP contribution in [-0.4, -0.2) is 38.5 Å². The highest BCUT2D eigenvalue weighted by atomic mass is 16.6. The molecule has 8 heteroatoms. The minimum absolute atomic E-state index is 0.00689. The second-order valence-corrected chi connectivity index (χ2v) is 9.74. The molecule has 3 rings (SSSR count). The number of nitrogens with zero attached hydrogens (tertiary/aromatic N) is 3. The number of fused-ring (bicyclic) bond motifs is 1. The summed E-state index contributed by atoms with van der Waals surface area (Å²) >= 11 is 0. The van der Waals surface area contributed by atoms with Crippen LogP contribution in [-0.2, 0) is 9.47 Å². The predicted molar refractivity (Wildman–Crippen MR) is 110 cm³/mol. The van der Waals surface area contributed by atoms with Crippen molar-refractivity contribution >= 4 is 11.7 Å². The van der Waals surface area contributed by atoms with Gasteiger partial charge < -0.3 is 20.5 Å². The second kappa shape index (κ2) is 7.91. The molecule has 0 spiro atoms. The molecule has 2 atom stereocenters. The first-order valence-electron chi connectivity index (χ1n) is 10.2. The van der Waals surface area contributed by atoms with Crippen LogP contribution in [0.5, 0.6) is 0 Å². The van der Waals surface area contributed by atoms with Gasteiger partial charge in [0.25, 0.3) is 0 Å². The number of imidazole rings is 1. The Morgan fingerprint density at radius 1 is 1.28 bits per heavy atom. The number of aromatic nitrogens is 3. The third-order valence-electron chi connectivity index (χ3n) is 4.61. The zero-order valence-corrected chi connectivity index (χ0v) is 18.2. The van der Waals surface area contributed by atoms with E-state index in [-0.39, 0.29) is 18.2 Å². The Balaban J connectivity index is 1.82. The number of hydrogen-bond acceptors (Lipinski definition) is 6. The molecule has 1 saturated carbocycles. The molecular weight excluding hydrogens is 370 g/mol. The molecule has 1 fully saturated rings. The molecule has 2 aromatic rings. The SMILES string of the molecule is CC(C)(C)OC[C@H](NC(=O)OC(C)(C)C)c1cn2ncc(C(N)C3CC3)cc2n1. The second-order valence-electron chi connectivity index (χ2n) is 9.74. The molecule has 3 N–H and O–H groups in total. The van der Waals surface area contributed by atoms with Gasteiger partial charge in [-0.05, 0) is 71.9 Å². The average molecular weight is 404 g/mol. The molecule has 0 bridgehead atoms. The van der Waals surface area contributed by atoms with Crippen molar-refractivity contribution in [3.05, 3.63) is 29.7 Å². The molecule has 29 heavy (non-hydrogen) atoms. The summed E-state index contributed by atoms with van der Waals surface area (Å²) in [7, 11) is 0. The minimum atomic E-state index is -0.589. The lowest BCUT2D eigenvalue weighted by Gasteiger charge is -2.26. The summed E-state index contributed by atoms with van der Waals surface area (Å²) in [6.45, 7) is 11.6. The van der Waals surface area contributed by atoms with E-state index in [0.717, 1.165) is 18.4 Å². The average Bonchev–Trinajstić information content (AvgIpc) is 3.34. The summed E-state index contributed by atoms with van der Waals surface area (Å²) in [6.07, 6.45) is 5.41. The summed E-state index contributed by atoms with van der Waals surface area (Å²) in [4.78, 5) is 17.0. The maximum absolute atomic E-state index is 12.4. The summed E-state index contributed by atoms with van der Waals surface area (Å²) < 4.78 is 13.0. The molecule has 1 aliphatic carbocycles. The number of ether oxygens (including phenoxy) is 2. The van der Waals surface area contributed by atoms with Gasteiger partial charge in [-0.1, -0.05) is 0 Å². The molecule has 0 aliphatic heterocycles. The zero-order valence-electron chi connectivity index (χ0n) is 18.2. The fourth-order valence-corrected chi connectivity index (χ4v) is 2.97. The maximum atomic E-state index is 12.4. The van der Waals surface area contributed by atoms with E-state index in [1.54, 1.807) is 16.9 Å². The van der Waals surface area contributed by atoms with Crippen molar-refractivity contribution in [2.75, 3.05) is 6.61 Å². The quantitative estimate of drug-likeness (QED) is 0.765. The van der Waals surface area contributed by atoms with Crippen LogP contribution >= 0.6 is 0 Å². The summed E-state index contributed by atoms with van der Waals surface area (Å²) in [6, 6.07) is 1.49. The Bertz CT molecular complexity index is 861. The first kappa shape index (κ1) is 21.5. The number of carbonyl (C=O) groups excluding carboxylic acids is 1. The van der Waals surface area contributed by atoms with Crippen molar-refractivity contribution in [2.45, 2.75) is 77.7 Å². The van der Waals surface area contributed by atoms with E-state index in [2.05, 4.69) is 15.4 Å². The van der Waals surface area contributed by atoms with Gasteiger partial charge in [0, 0.05) is 6.04 Å². The van der Waals surface area contributed by atoms with Gasteiger partial charge in [0.2, 0.25) is 0 Å². The Labute approximate surface area is 172 Å². The number of amides is 1. The van der Waals surface area contributed by atoms with Crippen molar-refractivity contribution in [1.29, 1.82) is 0 Å². The Kier molecular flexibility index (Phi) is 5.87. The molecule has 0 saturated heterocycles. The molecule has 2 heterocycles. The molecule has 0 radical (unpaired) electrons. The highest BCUT2D eigenvalue weighted by Gasteiger charge is 2.30. The maximum Gasteiger partial charge on any atom is 0.408 e. The van der Waals surface area contributed by atoms with E-state index in [9.17, 15) is 4.79 Å². The van der Waals surface area contributed by atoms with Crippen LogP contribution in [0.1, 0.15) is 77.7 Å². The molecule has 1 unspecified atom stereocenters. The van der Waals surface area contributed by atoms with Gasteiger partial charge in [0.1, 0.15) is 5.60 Å². The third kappa shape index (κ3) is 6.14. The van der Waals surface area contributed by atoms with E-state index in [0.29, 0.717) is 17.3 Å². The molecular formula is C21H33N5O3. The Morgan fingerprint density at radius 2 is 1.97 bits per heavy atom. The molecule has 160 valence electrons. The zero-order chi connectivity index (χ0) is 21.4. The van der Waals surface area contributed by atoms with Gasteiger partial charge >= 0.3 is 6.09 Å². The first-order valence-corrected chi connectivity index (χ1v) is 10.2. The monoisotopic (exact) mass is 403 g/mol. The van der Waals surface area contributed by atoms with E-state index in [4.69, 9.17) is 15.2 Å². The molecule has 1 aliphatic rings. The smallest absolute Gasteiger partial charge is 0.408 e. The number of rotatable bonds is 6. The third-order valence-corrected chi connectivity index (χ3v) is 4.61. The number of alkyl carbamates (subject to hydrolysis) is 1. The number of hydrogen-bond donors (Lipinski definition) is 2. The Morgan fingerprint density at radius 3 is 2.55 bits per heavy atom. The van der Waals surface area contributed by atoms with Crippen LogP contribution in [0, 0.1) is 5.92 Å². The van der Waals surface area contributed by atoms with Gasteiger partial charge in [0.15, 0.2) is 5.65 Å². The van der Waals surface area contributed by atoms with Gasteiger partial charge in [-0.3, -0.25) is 0 Å². The van der Waals surface area contributed by atoms with Crippen molar-refractivity contribution in [3.8, 4) is 0 Å². The summed E-state index contributed by atoms with van der Waals surface area (Å²) in [5, 5.41) is 7.33.